The van der Waals surface area contributed by atoms with Gasteiger partial charge in [0.25, 0.3) is 0 Å². The molecule has 1 aliphatic rings. The molecule has 1 saturated heterocycles. The van der Waals surface area contributed by atoms with Gasteiger partial charge in [0.1, 0.15) is 5.75 Å². The van der Waals surface area contributed by atoms with E-state index in [1.54, 1.807) is 7.11 Å². The number of aryl methyl sites for hydroxylation is 1. The zero-order valence-corrected chi connectivity index (χ0v) is 15.0. The number of methoxy groups -OCH3 is 1. The van der Waals surface area contributed by atoms with Gasteiger partial charge in [0.05, 0.1) is 32.6 Å². The van der Waals surface area contributed by atoms with Crippen LogP contribution in [0.3, 0.4) is 0 Å². The largest absolute Gasteiger partial charge is 0.497 e. The Morgan fingerprint density at radius 2 is 2.12 bits per heavy atom. The Morgan fingerprint density at radius 3 is 2.80 bits per heavy atom. The van der Waals surface area contributed by atoms with Gasteiger partial charge in [0, 0.05) is 31.4 Å². The van der Waals surface area contributed by atoms with E-state index < -0.39 is 6.10 Å². The number of aromatic nitrogens is 2. The first-order valence-electron chi connectivity index (χ1n) is 8.77. The second-order valence-electron chi connectivity index (χ2n) is 6.62. The van der Waals surface area contributed by atoms with Gasteiger partial charge in [-0.2, -0.15) is 5.10 Å². The quantitative estimate of drug-likeness (QED) is 0.794. The highest BCUT2D eigenvalue weighted by molar-refractivity contribution is 5.26. The Labute approximate surface area is 149 Å². The fourth-order valence-electron chi connectivity index (χ4n) is 3.39. The molecule has 0 bridgehead atoms. The first-order valence-corrected chi connectivity index (χ1v) is 8.77. The van der Waals surface area contributed by atoms with E-state index in [2.05, 4.69) is 16.2 Å². The van der Waals surface area contributed by atoms with Crippen molar-refractivity contribution in [3.63, 3.8) is 0 Å². The van der Waals surface area contributed by atoms with E-state index in [4.69, 9.17) is 9.47 Å². The molecule has 1 aliphatic heterocycles. The Balaban J connectivity index is 1.44. The Kier molecular flexibility index (Phi) is 6.07. The number of ether oxygens (including phenoxy) is 2. The molecule has 2 heterocycles. The van der Waals surface area contributed by atoms with Crippen molar-refractivity contribution in [1.82, 2.24) is 14.7 Å². The van der Waals surface area contributed by atoms with Gasteiger partial charge in [-0.1, -0.05) is 12.1 Å². The first-order chi connectivity index (χ1) is 12.2. The second-order valence-corrected chi connectivity index (χ2v) is 6.62. The molecule has 6 nitrogen and oxygen atoms in total. The van der Waals surface area contributed by atoms with Crippen LogP contribution in [0.4, 0.5) is 0 Å². The van der Waals surface area contributed by atoms with E-state index in [0.717, 1.165) is 30.7 Å². The van der Waals surface area contributed by atoms with Crippen LogP contribution in [0.25, 0.3) is 0 Å². The summed E-state index contributed by atoms with van der Waals surface area (Å²) in [4.78, 5) is 2.33. The third-order valence-corrected chi connectivity index (χ3v) is 4.66. The molecular formula is C19H27N3O3. The standard InChI is InChI=1S/C19H27N3O3/c1-21-11-16(10-20-21)19-4-3-9-22(19)12-17(23)14-25-13-15-5-7-18(24-2)8-6-15/h5-8,10-11,17,19,23H,3-4,9,12-14H2,1-2H3/t17-,19+/m1/s1. The lowest BCUT2D eigenvalue weighted by Crippen LogP contribution is -2.34. The van der Waals surface area contributed by atoms with Gasteiger partial charge in [-0.15, -0.1) is 0 Å². The molecule has 1 N–H and O–H groups in total. The van der Waals surface area contributed by atoms with Crippen LogP contribution >= 0.6 is 0 Å². The molecule has 0 aliphatic carbocycles. The highest BCUT2D eigenvalue weighted by atomic mass is 16.5. The van der Waals surface area contributed by atoms with E-state index in [1.807, 2.05) is 42.2 Å². The highest BCUT2D eigenvalue weighted by Gasteiger charge is 2.28. The Morgan fingerprint density at radius 1 is 1.32 bits per heavy atom. The van der Waals surface area contributed by atoms with Gasteiger partial charge < -0.3 is 14.6 Å². The molecule has 0 saturated carbocycles. The van der Waals surface area contributed by atoms with Gasteiger partial charge in [0.15, 0.2) is 0 Å². The summed E-state index contributed by atoms with van der Waals surface area (Å²) in [6.07, 6.45) is 5.77. The van der Waals surface area contributed by atoms with Crippen molar-refractivity contribution in [2.45, 2.75) is 31.6 Å². The molecule has 6 heteroatoms. The molecule has 1 fully saturated rings. The van der Waals surface area contributed by atoms with E-state index in [-0.39, 0.29) is 0 Å². The number of benzene rings is 1. The van der Waals surface area contributed by atoms with Crippen LogP contribution in [0, 0.1) is 0 Å². The van der Waals surface area contributed by atoms with Crippen LogP contribution in [-0.2, 0) is 18.4 Å². The molecule has 25 heavy (non-hydrogen) atoms. The molecule has 2 atom stereocenters. The maximum atomic E-state index is 10.3. The van der Waals surface area contributed by atoms with E-state index >= 15 is 0 Å². The lowest BCUT2D eigenvalue weighted by atomic mass is 10.1. The molecule has 0 spiro atoms. The molecule has 0 unspecified atom stereocenters. The smallest absolute Gasteiger partial charge is 0.118 e. The van der Waals surface area contributed by atoms with E-state index in [0.29, 0.717) is 25.8 Å². The van der Waals surface area contributed by atoms with Crippen LogP contribution in [0.1, 0.15) is 30.0 Å². The summed E-state index contributed by atoms with van der Waals surface area (Å²) >= 11 is 0. The van der Waals surface area contributed by atoms with Crippen LogP contribution in [0.15, 0.2) is 36.7 Å². The lowest BCUT2D eigenvalue weighted by molar-refractivity contribution is 0.00770. The molecule has 136 valence electrons. The first kappa shape index (κ1) is 17.9. The number of hydrogen-bond donors (Lipinski definition) is 1. The van der Waals surface area contributed by atoms with Crippen molar-refractivity contribution in [1.29, 1.82) is 0 Å². The summed E-state index contributed by atoms with van der Waals surface area (Å²) in [5, 5.41) is 14.6. The molecule has 3 rings (SSSR count). The lowest BCUT2D eigenvalue weighted by Gasteiger charge is -2.26. The third-order valence-electron chi connectivity index (χ3n) is 4.66. The molecule has 0 radical (unpaired) electrons. The Bertz CT molecular complexity index is 656. The molecule has 1 aromatic heterocycles. The SMILES string of the molecule is COc1ccc(COC[C@H](O)CN2CCC[C@H]2c2cnn(C)c2)cc1. The zero-order valence-electron chi connectivity index (χ0n) is 15.0. The summed E-state index contributed by atoms with van der Waals surface area (Å²) < 4.78 is 12.7. The van der Waals surface area contributed by atoms with Crippen molar-refractivity contribution in [3.05, 3.63) is 47.8 Å². The monoisotopic (exact) mass is 345 g/mol. The maximum absolute atomic E-state index is 10.3. The van der Waals surface area contributed by atoms with Gasteiger partial charge in [-0.25, -0.2) is 0 Å². The predicted octanol–water partition coefficient (Wildman–Crippen LogP) is 2.14. The summed E-state index contributed by atoms with van der Waals surface area (Å²) in [6, 6.07) is 8.13. The third kappa shape index (κ3) is 4.81. The minimum atomic E-state index is -0.490. The normalized spacial score (nSPS) is 19.2. The second kappa shape index (κ2) is 8.47. The van der Waals surface area contributed by atoms with Crippen molar-refractivity contribution in [2.75, 3.05) is 26.8 Å². The van der Waals surface area contributed by atoms with Crippen molar-refractivity contribution in [2.24, 2.45) is 7.05 Å². The highest BCUT2D eigenvalue weighted by Crippen LogP contribution is 2.31. The minimum Gasteiger partial charge on any atom is -0.497 e. The number of aliphatic hydroxyl groups excluding tert-OH is 1. The number of likely N-dealkylation sites (tertiary alicyclic amines) is 1. The number of β-amino-alcohol motifs (C(OH)–C–C–N with tert-alkyl or cyclic N) is 1. The van der Waals surface area contributed by atoms with Crippen molar-refractivity contribution >= 4 is 0 Å². The van der Waals surface area contributed by atoms with Crippen LogP contribution in [0.5, 0.6) is 5.75 Å². The topological polar surface area (TPSA) is 59.8 Å². The number of nitrogens with zero attached hydrogens (tertiary/aromatic N) is 3. The summed E-state index contributed by atoms with van der Waals surface area (Å²) in [7, 11) is 3.59. The van der Waals surface area contributed by atoms with Gasteiger partial charge in [-0.3, -0.25) is 9.58 Å². The predicted molar refractivity (Wildman–Crippen MR) is 95.4 cm³/mol. The molecule has 1 aromatic carbocycles. The van der Waals surface area contributed by atoms with Crippen molar-refractivity contribution in [3.8, 4) is 5.75 Å². The summed E-state index contributed by atoms with van der Waals surface area (Å²) in [5.41, 5.74) is 2.30. The summed E-state index contributed by atoms with van der Waals surface area (Å²) in [6.45, 7) is 2.46. The maximum Gasteiger partial charge on any atom is 0.118 e. The van der Waals surface area contributed by atoms with Gasteiger partial charge >= 0.3 is 0 Å². The van der Waals surface area contributed by atoms with E-state index in [9.17, 15) is 5.11 Å². The van der Waals surface area contributed by atoms with E-state index in [1.165, 1.54) is 5.56 Å². The zero-order chi connectivity index (χ0) is 17.6. The number of hydrogen-bond acceptors (Lipinski definition) is 5. The molecular weight excluding hydrogens is 318 g/mol. The van der Waals surface area contributed by atoms with Gasteiger partial charge in [0.2, 0.25) is 0 Å². The van der Waals surface area contributed by atoms with Crippen LogP contribution in [-0.4, -0.2) is 52.7 Å². The van der Waals surface area contributed by atoms with Crippen molar-refractivity contribution < 1.29 is 14.6 Å². The minimum absolute atomic E-state index is 0.336. The van der Waals surface area contributed by atoms with Crippen LogP contribution < -0.4 is 4.74 Å². The molecule has 2 aromatic rings. The average Bonchev–Trinajstić information content (AvgIpc) is 3.24. The number of rotatable bonds is 8. The summed E-state index contributed by atoms with van der Waals surface area (Å²) in [5.74, 6) is 0.833. The fraction of sp³-hybridized carbons (Fsp3) is 0.526. The Hall–Kier alpha value is -1.89. The van der Waals surface area contributed by atoms with Crippen LogP contribution in [0.2, 0.25) is 0 Å². The fourth-order valence-corrected chi connectivity index (χ4v) is 3.39. The van der Waals surface area contributed by atoms with Gasteiger partial charge in [-0.05, 0) is 37.1 Å². The average molecular weight is 345 g/mol. The molecule has 0 amide bonds. The number of aliphatic hydroxyl groups is 1.